The molecule has 0 heterocycles. The van der Waals surface area contributed by atoms with Crippen molar-refractivity contribution in [3.63, 3.8) is 0 Å². The van der Waals surface area contributed by atoms with Crippen LogP contribution >= 0.6 is 11.6 Å². The minimum absolute atomic E-state index is 0.0524. The number of anilines is 1. The molecule has 2 amide bonds. The molecule has 1 N–H and O–H groups in total. The van der Waals surface area contributed by atoms with Gasteiger partial charge in [-0.25, -0.2) is 8.42 Å². The topological polar surface area (TPSA) is 86.8 Å². The van der Waals surface area contributed by atoms with E-state index in [0.29, 0.717) is 16.3 Å². The Labute approximate surface area is 217 Å². The highest BCUT2D eigenvalue weighted by Gasteiger charge is 2.32. The zero-order valence-electron chi connectivity index (χ0n) is 20.7. The largest absolute Gasteiger partial charge is 0.357 e. The summed E-state index contributed by atoms with van der Waals surface area (Å²) < 4.78 is 28.5. The highest BCUT2D eigenvalue weighted by molar-refractivity contribution is 7.92. The first-order chi connectivity index (χ1) is 17.0. The van der Waals surface area contributed by atoms with Crippen molar-refractivity contribution in [3.05, 3.63) is 94.5 Å². The number of benzene rings is 3. The van der Waals surface area contributed by atoms with Crippen molar-refractivity contribution in [1.29, 1.82) is 0 Å². The van der Waals surface area contributed by atoms with E-state index in [1.54, 1.807) is 50.2 Å². The molecule has 0 aromatic heterocycles. The van der Waals surface area contributed by atoms with Gasteiger partial charge in [0.25, 0.3) is 10.0 Å². The molecular formula is C27H30ClN3O4S. The summed E-state index contributed by atoms with van der Waals surface area (Å²) in [5.74, 6) is -0.865. The highest BCUT2D eigenvalue weighted by atomic mass is 35.5. The van der Waals surface area contributed by atoms with Gasteiger partial charge in [-0.2, -0.15) is 0 Å². The maximum Gasteiger partial charge on any atom is 0.264 e. The van der Waals surface area contributed by atoms with E-state index in [9.17, 15) is 18.0 Å². The summed E-state index contributed by atoms with van der Waals surface area (Å²) in [6, 6.07) is 19.5. The molecule has 0 radical (unpaired) electrons. The molecule has 0 aliphatic rings. The summed E-state index contributed by atoms with van der Waals surface area (Å²) in [7, 11) is -2.61. The predicted molar refractivity (Wildman–Crippen MR) is 142 cm³/mol. The number of rotatable bonds is 9. The Balaban J connectivity index is 2.05. The average Bonchev–Trinajstić information content (AvgIpc) is 2.86. The van der Waals surface area contributed by atoms with Gasteiger partial charge in [-0.3, -0.25) is 13.9 Å². The third-order valence-electron chi connectivity index (χ3n) is 5.92. The fourth-order valence-corrected chi connectivity index (χ4v) is 5.54. The van der Waals surface area contributed by atoms with Gasteiger partial charge in [0, 0.05) is 18.6 Å². The van der Waals surface area contributed by atoms with Crippen molar-refractivity contribution in [2.75, 3.05) is 17.9 Å². The van der Waals surface area contributed by atoms with Gasteiger partial charge in [0.2, 0.25) is 11.8 Å². The Morgan fingerprint density at radius 2 is 1.61 bits per heavy atom. The van der Waals surface area contributed by atoms with Crippen LogP contribution in [-0.2, 0) is 26.2 Å². The number of aryl methyl sites for hydroxylation is 2. The van der Waals surface area contributed by atoms with E-state index in [1.807, 2.05) is 31.2 Å². The minimum atomic E-state index is -4.11. The number of hydrogen-bond donors (Lipinski definition) is 1. The number of sulfonamides is 1. The number of nitrogens with zero attached hydrogens (tertiary/aromatic N) is 2. The Morgan fingerprint density at radius 1 is 0.972 bits per heavy atom. The van der Waals surface area contributed by atoms with Crippen molar-refractivity contribution < 1.29 is 18.0 Å². The first-order valence-corrected chi connectivity index (χ1v) is 13.3. The number of likely N-dealkylation sites (N-methyl/N-ethyl adjacent to an activating group) is 1. The third kappa shape index (κ3) is 6.25. The molecule has 36 heavy (non-hydrogen) atoms. The van der Waals surface area contributed by atoms with Gasteiger partial charge in [0.05, 0.1) is 10.6 Å². The molecule has 0 fully saturated rings. The van der Waals surface area contributed by atoms with E-state index in [1.165, 1.54) is 24.1 Å². The summed E-state index contributed by atoms with van der Waals surface area (Å²) in [6.07, 6.45) is 0. The number of halogens is 1. The average molecular weight is 528 g/mol. The molecular weight excluding hydrogens is 498 g/mol. The Kier molecular flexibility index (Phi) is 8.76. The second-order valence-electron chi connectivity index (χ2n) is 8.55. The monoisotopic (exact) mass is 527 g/mol. The van der Waals surface area contributed by atoms with Crippen LogP contribution in [0.1, 0.15) is 23.6 Å². The van der Waals surface area contributed by atoms with Crippen LogP contribution in [0.3, 0.4) is 0 Å². The Morgan fingerprint density at radius 3 is 2.19 bits per heavy atom. The van der Waals surface area contributed by atoms with E-state index >= 15 is 0 Å². The maximum absolute atomic E-state index is 13.7. The molecule has 0 spiro atoms. The normalized spacial score (nSPS) is 12.0. The van der Waals surface area contributed by atoms with Gasteiger partial charge in [-0.05, 0) is 62.2 Å². The molecule has 0 bridgehead atoms. The van der Waals surface area contributed by atoms with Crippen molar-refractivity contribution >= 4 is 39.1 Å². The van der Waals surface area contributed by atoms with Gasteiger partial charge in [0.1, 0.15) is 12.6 Å². The summed E-state index contributed by atoms with van der Waals surface area (Å²) in [6.45, 7) is 4.96. The molecule has 190 valence electrons. The number of carbonyl (C=O) groups is 2. The van der Waals surface area contributed by atoms with Gasteiger partial charge in [0.15, 0.2) is 0 Å². The fourth-order valence-electron chi connectivity index (χ4n) is 3.81. The van der Waals surface area contributed by atoms with E-state index in [-0.39, 0.29) is 17.3 Å². The minimum Gasteiger partial charge on any atom is -0.357 e. The van der Waals surface area contributed by atoms with E-state index in [4.69, 9.17) is 11.6 Å². The molecule has 7 nitrogen and oxygen atoms in total. The molecule has 0 saturated heterocycles. The zero-order chi connectivity index (χ0) is 26.5. The SMILES string of the molecule is CNC(=O)[C@@H](C)N(Cc1ccc(C)cc1)C(=O)CN(c1ccc(Cl)cc1C)S(=O)(=O)c1ccccc1. The number of nitrogens with one attached hydrogen (secondary N) is 1. The number of amides is 2. The quantitative estimate of drug-likeness (QED) is 0.449. The van der Waals surface area contributed by atoms with E-state index in [2.05, 4.69) is 5.32 Å². The predicted octanol–water partition coefficient (Wildman–Crippen LogP) is 4.32. The summed E-state index contributed by atoms with van der Waals surface area (Å²) in [4.78, 5) is 27.7. The highest BCUT2D eigenvalue weighted by Crippen LogP contribution is 2.29. The summed E-state index contributed by atoms with van der Waals surface area (Å²) in [5, 5.41) is 3.02. The first kappa shape index (κ1) is 27.2. The van der Waals surface area contributed by atoms with Crippen LogP contribution in [0.25, 0.3) is 0 Å². The second kappa shape index (κ2) is 11.6. The van der Waals surface area contributed by atoms with Crippen LogP contribution in [0.4, 0.5) is 5.69 Å². The van der Waals surface area contributed by atoms with Gasteiger partial charge in [-0.1, -0.05) is 59.6 Å². The number of hydrogen-bond acceptors (Lipinski definition) is 4. The van der Waals surface area contributed by atoms with Gasteiger partial charge in [-0.15, -0.1) is 0 Å². The smallest absolute Gasteiger partial charge is 0.264 e. The van der Waals surface area contributed by atoms with E-state index in [0.717, 1.165) is 15.4 Å². The van der Waals surface area contributed by atoms with Crippen LogP contribution in [-0.4, -0.2) is 44.8 Å². The fraction of sp³-hybridized carbons (Fsp3) is 0.259. The third-order valence-corrected chi connectivity index (χ3v) is 7.93. The lowest BCUT2D eigenvalue weighted by atomic mass is 10.1. The Bertz CT molecular complexity index is 1330. The van der Waals surface area contributed by atoms with Gasteiger partial charge >= 0.3 is 0 Å². The molecule has 1 atom stereocenters. The van der Waals surface area contributed by atoms with Crippen LogP contribution < -0.4 is 9.62 Å². The van der Waals surface area contributed by atoms with Crippen LogP contribution in [0, 0.1) is 13.8 Å². The van der Waals surface area contributed by atoms with Crippen molar-refractivity contribution in [1.82, 2.24) is 10.2 Å². The molecule has 0 aliphatic heterocycles. The van der Waals surface area contributed by atoms with Crippen molar-refractivity contribution in [2.24, 2.45) is 0 Å². The van der Waals surface area contributed by atoms with Gasteiger partial charge < -0.3 is 10.2 Å². The number of carbonyl (C=O) groups excluding carboxylic acids is 2. The van der Waals surface area contributed by atoms with E-state index < -0.39 is 28.5 Å². The van der Waals surface area contributed by atoms with Crippen LogP contribution in [0.2, 0.25) is 5.02 Å². The lowest BCUT2D eigenvalue weighted by Gasteiger charge is -2.32. The molecule has 0 aliphatic carbocycles. The van der Waals surface area contributed by atoms with Crippen molar-refractivity contribution in [2.45, 2.75) is 38.3 Å². The Hall–Kier alpha value is -3.36. The molecule has 0 saturated carbocycles. The molecule has 9 heteroatoms. The first-order valence-electron chi connectivity index (χ1n) is 11.4. The van der Waals surface area contributed by atoms with Crippen LogP contribution in [0.15, 0.2) is 77.7 Å². The maximum atomic E-state index is 13.7. The summed E-state index contributed by atoms with van der Waals surface area (Å²) in [5.41, 5.74) is 2.82. The second-order valence-corrected chi connectivity index (χ2v) is 10.9. The molecule has 0 unspecified atom stereocenters. The van der Waals surface area contributed by atoms with Crippen LogP contribution in [0.5, 0.6) is 0 Å². The van der Waals surface area contributed by atoms with Crippen molar-refractivity contribution in [3.8, 4) is 0 Å². The standard InChI is InChI=1S/C27H30ClN3O4S/c1-19-10-12-22(13-11-19)17-30(21(3)27(33)29-4)26(32)18-31(25-15-14-23(28)16-20(25)2)36(34,35)24-8-6-5-7-9-24/h5-16,21H,17-18H2,1-4H3,(H,29,33)/t21-/m1/s1. The molecule has 3 aromatic rings. The lowest BCUT2D eigenvalue weighted by molar-refractivity contribution is -0.139. The molecule has 3 aromatic carbocycles. The lowest BCUT2D eigenvalue weighted by Crippen LogP contribution is -2.50. The molecule has 3 rings (SSSR count). The zero-order valence-corrected chi connectivity index (χ0v) is 22.3. The summed E-state index contributed by atoms with van der Waals surface area (Å²) >= 11 is 6.12.